The van der Waals surface area contributed by atoms with Gasteiger partial charge in [0.05, 0.1) is 18.4 Å². The first-order valence-corrected chi connectivity index (χ1v) is 9.29. The van der Waals surface area contributed by atoms with Crippen LogP contribution in [0, 0.1) is 0 Å². The summed E-state index contributed by atoms with van der Waals surface area (Å²) in [5, 5.41) is 5.44. The molecule has 1 aromatic carbocycles. The van der Waals surface area contributed by atoms with E-state index in [1.807, 2.05) is 24.3 Å². The SMILES string of the molecule is CC(C)NS(=O)(=O)CCNC(=O)N[C@@H]1CCOc2ccccc21. The van der Waals surface area contributed by atoms with E-state index in [1.165, 1.54) is 0 Å². The number of hydrogen-bond donors (Lipinski definition) is 3. The maximum Gasteiger partial charge on any atom is 0.315 e. The number of amides is 2. The molecule has 23 heavy (non-hydrogen) atoms. The Bertz CT molecular complexity index is 646. The molecule has 0 aromatic heterocycles. The first-order valence-electron chi connectivity index (χ1n) is 7.63. The number of ether oxygens (including phenoxy) is 1. The van der Waals surface area contributed by atoms with Crippen molar-refractivity contribution in [2.45, 2.75) is 32.4 Å². The lowest BCUT2D eigenvalue weighted by molar-refractivity contribution is 0.224. The summed E-state index contributed by atoms with van der Waals surface area (Å²) in [6, 6.07) is 6.88. The second-order valence-electron chi connectivity index (χ2n) is 5.72. The molecule has 0 bridgehead atoms. The zero-order chi connectivity index (χ0) is 16.9. The van der Waals surface area contributed by atoms with Crippen molar-refractivity contribution in [2.75, 3.05) is 18.9 Å². The minimum Gasteiger partial charge on any atom is -0.493 e. The van der Waals surface area contributed by atoms with Crippen molar-refractivity contribution in [1.82, 2.24) is 15.4 Å². The molecule has 0 radical (unpaired) electrons. The van der Waals surface area contributed by atoms with Crippen molar-refractivity contribution < 1.29 is 17.9 Å². The highest BCUT2D eigenvalue weighted by molar-refractivity contribution is 7.89. The third-order valence-corrected chi connectivity index (χ3v) is 4.91. The number of fused-ring (bicyclic) bond motifs is 1. The van der Waals surface area contributed by atoms with Crippen LogP contribution in [0.25, 0.3) is 0 Å². The number of carbonyl (C=O) groups is 1. The summed E-state index contributed by atoms with van der Waals surface area (Å²) >= 11 is 0. The van der Waals surface area contributed by atoms with Crippen LogP contribution in [0.2, 0.25) is 0 Å². The normalized spacial score (nSPS) is 17.3. The van der Waals surface area contributed by atoms with E-state index in [4.69, 9.17) is 4.74 Å². The number of urea groups is 1. The van der Waals surface area contributed by atoms with E-state index < -0.39 is 10.0 Å². The fraction of sp³-hybridized carbons (Fsp3) is 0.533. The highest BCUT2D eigenvalue weighted by Gasteiger charge is 2.22. The average molecular weight is 341 g/mol. The molecule has 0 spiro atoms. The van der Waals surface area contributed by atoms with Crippen LogP contribution in [0.4, 0.5) is 4.79 Å². The Balaban J connectivity index is 1.82. The van der Waals surface area contributed by atoms with Crippen LogP contribution >= 0.6 is 0 Å². The van der Waals surface area contributed by atoms with Gasteiger partial charge in [-0.2, -0.15) is 0 Å². The lowest BCUT2D eigenvalue weighted by Gasteiger charge is -2.26. The molecule has 1 aliphatic rings. The number of hydrogen-bond acceptors (Lipinski definition) is 4. The average Bonchev–Trinajstić information content (AvgIpc) is 2.46. The smallest absolute Gasteiger partial charge is 0.315 e. The summed E-state index contributed by atoms with van der Waals surface area (Å²) in [4.78, 5) is 12.0. The topological polar surface area (TPSA) is 96.5 Å². The van der Waals surface area contributed by atoms with Gasteiger partial charge in [0.2, 0.25) is 10.0 Å². The molecule has 2 rings (SSSR count). The standard InChI is InChI=1S/C15H23N3O4S/c1-11(2)18-23(20,21)10-8-16-15(19)17-13-7-9-22-14-6-4-3-5-12(13)14/h3-6,11,13,18H,7-10H2,1-2H3,(H2,16,17,19)/t13-/m1/s1. The molecule has 0 saturated heterocycles. The van der Waals surface area contributed by atoms with Gasteiger partial charge in [-0.15, -0.1) is 0 Å². The zero-order valence-corrected chi connectivity index (χ0v) is 14.2. The van der Waals surface area contributed by atoms with Gasteiger partial charge in [-0.05, 0) is 19.9 Å². The Morgan fingerprint density at radius 1 is 1.35 bits per heavy atom. The number of para-hydroxylation sites is 1. The summed E-state index contributed by atoms with van der Waals surface area (Å²) in [6.45, 7) is 4.09. The number of carbonyl (C=O) groups excluding carboxylic acids is 1. The van der Waals surface area contributed by atoms with Crippen LogP contribution in [0.15, 0.2) is 24.3 Å². The van der Waals surface area contributed by atoms with Gasteiger partial charge in [-0.1, -0.05) is 18.2 Å². The van der Waals surface area contributed by atoms with Crippen molar-refractivity contribution in [2.24, 2.45) is 0 Å². The maximum absolute atomic E-state index is 12.0. The molecule has 1 aliphatic heterocycles. The van der Waals surface area contributed by atoms with E-state index in [-0.39, 0.29) is 30.4 Å². The van der Waals surface area contributed by atoms with Gasteiger partial charge in [0.25, 0.3) is 0 Å². The fourth-order valence-electron chi connectivity index (χ4n) is 2.42. The third-order valence-electron chi connectivity index (χ3n) is 3.34. The summed E-state index contributed by atoms with van der Waals surface area (Å²) < 4.78 is 31.4. The number of benzene rings is 1. The molecule has 0 aliphatic carbocycles. The van der Waals surface area contributed by atoms with Crippen molar-refractivity contribution in [3.8, 4) is 5.75 Å². The zero-order valence-electron chi connectivity index (χ0n) is 13.3. The molecule has 0 saturated carbocycles. The lowest BCUT2D eigenvalue weighted by Crippen LogP contribution is -2.43. The summed E-state index contributed by atoms with van der Waals surface area (Å²) in [5.41, 5.74) is 0.933. The highest BCUT2D eigenvalue weighted by Crippen LogP contribution is 2.31. The monoisotopic (exact) mass is 341 g/mol. The molecule has 1 heterocycles. The Kier molecular flexibility index (Phi) is 5.84. The van der Waals surface area contributed by atoms with E-state index >= 15 is 0 Å². The number of rotatable bonds is 6. The summed E-state index contributed by atoms with van der Waals surface area (Å²) in [6.07, 6.45) is 0.678. The lowest BCUT2D eigenvalue weighted by atomic mass is 10.0. The largest absolute Gasteiger partial charge is 0.493 e. The van der Waals surface area contributed by atoms with Gasteiger partial charge < -0.3 is 15.4 Å². The molecule has 8 heteroatoms. The molecule has 7 nitrogen and oxygen atoms in total. The predicted molar refractivity (Wildman–Crippen MR) is 87.9 cm³/mol. The van der Waals surface area contributed by atoms with E-state index in [0.29, 0.717) is 13.0 Å². The highest BCUT2D eigenvalue weighted by atomic mass is 32.2. The molecule has 0 fully saturated rings. The molecule has 2 amide bonds. The van der Waals surface area contributed by atoms with Crippen molar-refractivity contribution in [1.29, 1.82) is 0 Å². The third kappa shape index (κ3) is 5.40. The van der Waals surface area contributed by atoms with Gasteiger partial charge >= 0.3 is 6.03 Å². The van der Waals surface area contributed by atoms with Crippen LogP contribution in [0.3, 0.4) is 0 Å². The van der Waals surface area contributed by atoms with Crippen LogP contribution < -0.4 is 20.1 Å². The van der Waals surface area contributed by atoms with E-state index in [0.717, 1.165) is 11.3 Å². The van der Waals surface area contributed by atoms with Crippen LogP contribution in [0.5, 0.6) is 5.75 Å². The van der Waals surface area contributed by atoms with Crippen LogP contribution in [-0.2, 0) is 10.0 Å². The molecule has 1 aromatic rings. The molecular formula is C15H23N3O4S. The van der Waals surface area contributed by atoms with Gasteiger partial charge in [-0.25, -0.2) is 17.9 Å². The molecule has 128 valence electrons. The maximum atomic E-state index is 12.0. The Hall–Kier alpha value is -1.80. The van der Waals surface area contributed by atoms with Crippen LogP contribution in [-0.4, -0.2) is 39.4 Å². The van der Waals surface area contributed by atoms with Gasteiger partial charge in [0.1, 0.15) is 5.75 Å². The van der Waals surface area contributed by atoms with E-state index in [2.05, 4.69) is 15.4 Å². The first-order chi connectivity index (χ1) is 10.9. The number of sulfonamides is 1. The van der Waals surface area contributed by atoms with Crippen LogP contribution in [0.1, 0.15) is 31.9 Å². The Labute approximate surface area is 136 Å². The molecule has 1 atom stereocenters. The fourth-order valence-corrected chi connectivity index (χ4v) is 3.63. The van der Waals surface area contributed by atoms with Gasteiger partial charge in [0.15, 0.2) is 0 Å². The second-order valence-corrected chi connectivity index (χ2v) is 7.59. The first kappa shape index (κ1) is 17.6. The summed E-state index contributed by atoms with van der Waals surface area (Å²) in [5.74, 6) is 0.621. The molecule has 3 N–H and O–H groups in total. The van der Waals surface area contributed by atoms with Crippen molar-refractivity contribution in [3.63, 3.8) is 0 Å². The predicted octanol–water partition coefficient (Wildman–Crippen LogP) is 1.14. The Morgan fingerprint density at radius 2 is 2.09 bits per heavy atom. The minimum atomic E-state index is -3.37. The van der Waals surface area contributed by atoms with E-state index in [1.54, 1.807) is 13.8 Å². The number of nitrogens with one attached hydrogen (secondary N) is 3. The molecular weight excluding hydrogens is 318 g/mol. The van der Waals surface area contributed by atoms with Crippen molar-refractivity contribution in [3.05, 3.63) is 29.8 Å². The summed E-state index contributed by atoms with van der Waals surface area (Å²) in [7, 11) is -3.37. The van der Waals surface area contributed by atoms with E-state index in [9.17, 15) is 13.2 Å². The van der Waals surface area contributed by atoms with Gasteiger partial charge in [0, 0.05) is 24.6 Å². The van der Waals surface area contributed by atoms with Gasteiger partial charge in [-0.3, -0.25) is 0 Å². The Morgan fingerprint density at radius 3 is 2.83 bits per heavy atom. The quantitative estimate of drug-likeness (QED) is 0.723. The molecule has 0 unspecified atom stereocenters. The minimum absolute atomic E-state index is 0.0543. The van der Waals surface area contributed by atoms with Crippen molar-refractivity contribution >= 4 is 16.1 Å². The second kappa shape index (κ2) is 7.65.